The zero-order chi connectivity index (χ0) is 23.5. The average Bonchev–Trinajstić information content (AvgIpc) is 2.78. The van der Waals surface area contributed by atoms with Gasteiger partial charge in [-0.3, -0.25) is 14.9 Å². The Balaban J connectivity index is 1.95. The highest BCUT2D eigenvalue weighted by Gasteiger charge is 2.12. The Morgan fingerprint density at radius 1 is 1.06 bits per heavy atom. The normalized spacial score (nSPS) is 11.2. The molecule has 0 saturated heterocycles. The van der Waals surface area contributed by atoms with Crippen molar-refractivity contribution in [2.75, 3.05) is 17.7 Å². The Morgan fingerprint density at radius 3 is 2.41 bits per heavy atom. The highest BCUT2D eigenvalue weighted by atomic mass is 32.1. The largest absolute Gasteiger partial charge is 0.494 e. The van der Waals surface area contributed by atoms with Crippen molar-refractivity contribution in [2.45, 2.75) is 52.6 Å². The quantitative estimate of drug-likeness (QED) is 0.429. The number of carbonyl (C=O) groups excluding carboxylic acids is 2. The number of ether oxygens (including phenoxy) is 2. The zero-order valence-corrected chi connectivity index (χ0v) is 19.8. The summed E-state index contributed by atoms with van der Waals surface area (Å²) in [6.45, 7) is 6.08. The predicted molar refractivity (Wildman–Crippen MR) is 132 cm³/mol. The first-order valence-electron chi connectivity index (χ1n) is 10.7. The fourth-order valence-electron chi connectivity index (χ4n) is 2.76. The summed E-state index contributed by atoms with van der Waals surface area (Å²) in [5.74, 6) is 0.815. The van der Waals surface area contributed by atoms with Crippen molar-refractivity contribution in [3.05, 3.63) is 48.0 Å². The van der Waals surface area contributed by atoms with E-state index in [1.807, 2.05) is 20.8 Å². The number of rotatable bonds is 10. The van der Waals surface area contributed by atoms with E-state index in [9.17, 15) is 9.59 Å². The van der Waals surface area contributed by atoms with Crippen LogP contribution in [0.5, 0.6) is 11.5 Å². The van der Waals surface area contributed by atoms with E-state index >= 15 is 0 Å². The Morgan fingerprint density at radius 2 is 1.78 bits per heavy atom. The van der Waals surface area contributed by atoms with Gasteiger partial charge in [-0.15, -0.1) is 0 Å². The van der Waals surface area contributed by atoms with E-state index in [2.05, 4.69) is 16.0 Å². The molecule has 0 heterocycles. The highest BCUT2D eigenvalue weighted by Crippen LogP contribution is 2.28. The number of benzene rings is 2. The predicted octanol–water partition coefficient (Wildman–Crippen LogP) is 5.13. The Labute approximate surface area is 194 Å². The molecule has 0 aliphatic carbocycles. The number of thiocarbonyl (C=S) groups is 1. The van der Waals surface area contributed by atoms with Crippen LogP contribution in [-0.2, 0) is 4.79 Å². The minimum atomic E-state index is -0.329. The van der Waals surface area contributed by atoms with Crippen molar-refractivity contribution in [2.24, 2.45) is 0 Å². The minimum Gasteiger partial charge on any atom is -0.494 e. The smallest absolute Gasteiger partial charge is 0.257 e. The molecule has 0 aliphatic rings. The van der Waals surface area contributed by atoms with Gasteiger partial charge in [-0.05, 0) is 68.4 Å². The molecule has 0 aliphatic heterocycles. The van der Waals surface area contributed by atoms with Crippen molar-refractivity contribution in [1.29, 1.82) is 0 Å². The molecule has 7 nitrogen and oxygen atoms in total. The summed E-state index contributed by atoms with van der Waals surface area (Å²) in [5.41, 5.74) is 1.66. The third-order valence-electron chi connectivity index (χ3n) is 4.75. The molecule has 2 amide bonds. The lowest BCUT2D eigenvalue weighted by molar-refractivity contribution is -0.116. The molecule has 2 aromatic carbocycles. The maximum absolute atomic E-state index is 12.5. The molecule has 2 aromatic rings. The fraction of sp³-hybridized carbons (Fsp3) is 0.375. The maximum Gasteiger partial charge on any atom is 0.257 e. The van der Waals surface area contributed by atoms with Crippen molar-refractivity contribution in [3.63, 3.8) is 0 Å². The van der Waals surface area contributed by atoms with Gasteiger partial charge in [0.1, 0.15) is 11.5 Å². The molecular weight excluding hydrogens is 426 g/mol. The standard InChI is InChI=1S/C24H31N3O4S/c1-5-7-8-22(28)26-20-14-11-18(15-21(20)30-4)25-24(32)27-23(29)17-9-12-19(13-10-17)31-16(3)6-2/h9-16H,5-8H2,1-4H3,(H,26,28)(H2,25,27,29,32). The molecule has 0 bridgehead atoms. The molecule has 172 valence electrons. The lowest BCUT2D eigenvalue weighted by Crippen LogP contribution is -2.34. The number of methoxy groups -OCH3 is 1. The number of hydrogen-bond donors (Lipinski definition) is 3. The monoisotopic (exact) mass is 457 g/mol. The second-order valence-corrected chi connectivity index (χ2v) is 7.74. The van der Waals surface area contributed by atoms with Crippen molar-refractivity contribution in [3.8, 4) is 11.5 Å². The van der Waals surface area contributed by atoms with Crippen LogP contribution in [0.1, 0.15) is 56.8 Å². The van der Waals surface area contributed by atoms with Crippen LogP contribution in [-0.4, -0.2) is 30.1 Å². The molecule has 8 heteroatoms. The van der Waals surface area contributed by atoms with Crippen LogP contribution in [0.25, 0.3) is 0 Å². The van der Waals surface area contributed by atoms with Crippen molar-refractivity contribution in [1.82, 2.24) is 5.32 Å². The van der Waals surface area contributed by atoms with E-state index in [0.29, 0.717) is 34.9 Å². The topological polar surface area (TPSA) is 88.7 Å². The van der Waals surface area contributed by atoms with E-state index in [-0.39, 0.29) is 23.0 Å². The van der Waals surface area contributed by atoms with Crippen LogP contribution in [0.15, 0.2) is 42.5 Å². The van der Waals surface area contributed by atoms with E-state index < -0.39 is 0 Å². The van der Waals surface area contributed by atoms with Gasteiger partial charge in [0.05, 0.1) is 18.9 Å². The molecule has 32 heavy (non-hydrogen) atoms. The molecule has 1 atom stereocenters. The summed E-state index contributed by atoms with van der Waals surface area (Å²) in [6.07, 6.45) is 3.25. The number of carbonyl (C=O) groups is 2. The van der Waals surface area contributed by atoms with E-state index in [0.717, 1.165) is 19.3 Å². The van der Waals surface area contributed by atoms with Crippen LogP contribution in [0.2, 0.25) is 0 Å². The second kappa shape index (κ2) is 12.7. The number of amides is 2. The first-order valence-corrected chi connectivity index (χ1v) is 11.1. The van der Waals surface area contributed by atoms with Gasteiger partial charge in [0.2, 0.25) is 5.91 Å². The van der Waals surface area contributed by atoms with Crippen LogP contribution >= 0.6 is 12.2 Å². The molecule has 0 fully saturated rings. The average molecular weight is 458 g/mol. The number of unbranched alkanes of at least 4 members (excludes halogenated alkanes) is 1. The van der Waals surface area contributed by atoms with Crippen LogP contribution < -0.4 is 25.4 Å². The molecule has 2 rings (SSSR count). The lowest BCUT2D eigenvalue weighted by atomic mass is 10.2. The fourth-order valence-corrected chi connectivity index (χ4v) is 2.97. The first kappa shape index (κ1) is 25.1. The van der Waals surface area contributed by atoms with Crippen LogP contribution in [0.4, 0.5) is 11.4 Å². The molecule has 0 aromatic heterocycles. The zero-order valence-electron chi connectivity index (χ0n) is 19.0. The first-order chi connectivity index (χ1) is 15.4. The van der Waals surface area contributed by atoms with Gasteiger partial charge in [-0.2, -0.15) is 0 Å². The molecule has 0 radical (unpaired) electrons. The molecule has 0 spiro atoms. The number of nitrogens with one attached hydrogen (secondary N) is 3. The third kappa shape index (κ3) is 7.85. The van der Waals surface area contributed by atoms with E-state index in [4.69, 9.17) is 21.7 Å². The van der Waals surface area contributed by atoms with Crippen molar-refractivity contribution >= 4 is 40.5 Å². The van der Waals surface area contributed by atoms with Gasteiger partial charge >= 0.3 is 0 Å². The summed E-state index contributed by atoms with van der Waals surface area (Å²) in [4.78, 5) is 24.5. The van der Waals surface area contributed by atoms with Gasteiger partial charge in [-0.25, -0.2) is 0 Å². The molecule has 1 unspecified atom stereocenters. The van der Waals surface area contributed by atoms with Gasteiger partial charge in [0.25, 0.3) is 5.91 Å². The second-order valence-electron chi connectivity index (χ2n) is 7.34. The highest BCUT2D eigenvalue weighted by molar-refractivity contribution is 7.80. The number of hydrogen-bond acceptors (Lipinski definition) is 5. The van der Waals surface area contributed by atoms with E-state index in [1.54, 1.807) is 42.5 Å². The van der Waals surface area contributed by atoms with Gasteiger partial charge in [-0.1, -0.05) is 20.3 Å². The molecule has 0 saturated carbocycles. The SMILES string of the molecule is CCCCC(=O)Nc1ccc(NC(=S)NC(=O)c2ccc(OC(C)CC)cc2)cc1OC. The molecular formula is C24H31N3O4S. The Hall–Kier alpha value is -3.13. The summed E-state index contributed by atoms with van der Waals surface area (Å²) in [6, 6.07) is 12.1. The Bertz CT molecular complexity index is 931. The van der Waals surface area contributed by atoms with Crippen LogP contribution in [0, 0.1) is 0 Å². The van der Waals surface area contributed by atoms with E-state index in [1.165, 1.54) is 7.11 Å². The summed E-state index contributed by atoms with van der Waals surface area (Å²) in [5, 5.41) is 8.61. The van der Waals surface area contributed by atoms with Gasteiger partial charge in [0.15, 0.2) is 5.11 Å². The third-order valence-corrected chi connectivity index (χ3v) is 4.95. The summed E-state index contributed by atoms with van der Waals surface area (Å²) >= 11 is 5.26. The van der Waals surface area contributed by atoms with Gasteiger partial charge in [0, 0.05) is 23.7 Å². The Kier molecular flexibility index (Phi) is 9.94. The lowest BCUT2D eigenvalue weighted by Gasteiger charge is -2.14. The summed E-state index contributed by atoms with van der Waals surface area (Å²) < 4.78 is 11.1. The number of anilines is 2. The minimum absolute atomic E-state index is 0.0609. The summed E-state index contributed by atoms with van der Waals surface area (Å²) in [7, 11) is 1.52. The van der Waals surface area contributed by atoms with Crippen molar-refractivity contribution < 1.29 is 19.1 Å². The van der Waals surface area contributed by atoms with Gasteiger partial charge < -0.3 is 20.1 Å². The van der Waals surface area contributed by atoms with Crippen LogP contribution in [0.3, 0.4) is 0 Å². The molecule has 3 N–H and O–H groups in total. The maximum atomic E-state index is 12.5.